The van der Waals surface area contributed by atoms with E-state index in [9.17, 15) is 22.8 Å². The minimum absolute atomic E-state index is 0.0236. The fraction of sp³-hybridized carbons (Fsp3) is 0.429. The number of carbonyl (C=O) groups excluding carboxylic acids is 2. The smallest absolute Gasteiger partial charge is 0.385 e. The lowest BCUT2D eigenvalue weighted by molar-refractivity contribution is -0.137. The Labute approximate surface area is 168 Å². The number of alkyl halides is 3. The second-order valence-corrected chi connectivity index (χ2v) is 7.54. The third kappa shape index (κ3) is 8.01. The van der Waals surface area contributed by atoms with Gasteiger partial charge in [-0.3, -0.25) is 9.59 Å². The summed E-state index contributed by atoms with van der Waals surface area (Å²) in [5.41, 5.74) is 5.63. The number of halogens is 3. The van der Waals surface area contributed by atoms with Gasteiger partial charge in [0.15, 0.2) is 0 Å². The van der Waals surface area contributed by atoms with Crippen LogP contribution < -0.4 is 16.4 Å². The van der Waals surface area contributed by atoms with Crippen LogP contribution in [0.2, 0.25) is 0 Å². The molecule has 0 bridgehead atoms. The summed E-state index contributed by atoms with van der Waals surface area (Å²) < 4.78 is 38.4. The first kappa shape index (κ1) is 22.5. The van der Waals surface area contributed by atoms with Crippen molar-refractivity contribution >= 4 is 11.8 Å². The molecule has 0 heterocycles. The van der Waals surface area contributed by atoms with Gasteiger partial charge in [-0.1, -0.05) is 32.1 Å². The summed E-state index contributed by atoms with van der Waals surface area (Å²) in [6, 6.07) is 4.77. The summed E-state index contributed by atoms with van der Waals surface area (Å²) in [7, 11) is 0. The molecule has 2 rings (SSSR count). The topological polar surface area (TPSA) is 84.2 Å². The number of rotatable bonds is 8. The number of hydrogen-bond donors (Lipinski definition) is 3. The largest absolute Gasteiger partial charge is 0.416 e. The number of nitrogens with two attached hydrogens (primary N) is 1. The van der Waals surface area contributed by atoms with E-state index >= 15 is 0 Å². The van der Waals surface area contributed by atoms with E-state index in [0.717, 1.165) is 25.0 Å². The van der Waals surface area contributed by atoms with Crippen molar-refractivity contribution in [1.29, 1.82) is 0 Å². The third-order valence-electron chi connectivity index (χ3n) is 4.25. The molecule has 0 radical (unpaired) electrons. The molecule has 2 amide bonds. The second-order valence-electron chi connectivity index (χ2n) is 7.54. The molecule has 5 nitrogen and oxygen atoms in total. The Bertz CT molecular complexity index is 810. The minimum Gasteiger partial charge on any atom is -0.385 e. The summed E-state index contributed by atoms with van der Waals surface area (Å²) in [6.45, 7) is 3.67. The second kappa shape index (κ2) is 9.62. The molecular weight excluding hydrogens is 383 g/mol. The van der Waals surface area contributed by atoms with E-state index in [1.54, 1.807) is 6.08 Å². The molecule has 4 N–H and O–H groups in total. The molecule has 1 aromatic carbocycles. The van der Waals surface area contributed by atoms with E-state index in [1.807, 2.05) is 13.8 Å². The fourth-order valence-electron chi connectivity index (χ4n) is 2.69. The van der Waals surface area contributed by atoms with E-state index in [2.05, 4.69) is 10.6 Å². The molecule has 8 heteroatoms. The first-order valence-electron chi connectivity index (χ1n) is 9.47. The van der Waals surface area contributed by atoms with E-state index in [1.165, 1.54) is 18.2 Å². The van der Waals surface area contributed by atoms with Crippen LogP contribution in [0, 0.1) is 11.8 Å². The highest BCUT2D eigenvalue weighted by molar-refractivity contribution is 5.96. The lowest BCUT2D eigenvalue weighted by atomic mass is 10.1. The van der Waals surface area contributed by atoms with Crippen molar-refractivity contribution in [2.75, 3.05) is 0 Å². The third-order valence-corrected chi connectivity index (χ3v) is 4.25. The minimum atomic E-state index is -4.45. The Morgan fingerprint density at radius 3 is 2.55 bits per heavy atom. The van der Waals surface area contributed by atoms with Crippen LogP contribution in [0.4, 0.5) is 13.2 Å². The van der Waals surface area contributed by atoms with E-state index in [-0.39, 0.29) is 29.8 Å². The average Bonchev–Trinajstić information content (AvgIpc) is 3.41. The molecule has 1 aliphatic rings. The fourth-order valence-corrected chi connectivity index (χ4v) is 2.69. The molecule has 1 aliphatic carbocycles. The van der Waals surface area contributed by atoms with Gasteiger partial charge in [0.05, 0.1) is 5.56 Å². The highest BCUT2D eigenvalue weighted by atomic mass is 19.4. The normalized spacial score (nSPS) is 15.4. The number of allylic oxidation sites excluding steroid dienone is 1. The van der Waals surface area contributed by atoms with Gasteiger partial charge in [-0.25, -0.2) is 0 Å². The predicted molar refractivity (Wildman–Crippen MR) is 104 cm³/mol. The number of amides is 2. The van der Waals surface area contributed by atoms with Crippen LogP contribution in [0.25, 0.3) is 0 Å². The number of carbonyl (C=O) groups is 2. The first-order chi connectivity index (χ1) is 13.5. The maximum atomic E-state index is 12.8. The van der Waals surface area contributed by atoms with Crippen molar-refractivity contribution < 1.29 is 22.8 Å². The van der Waals surface area contributed by atoms with Crippen LogP contribution >= 0.6 is 0 Å². The van der Waals surface area contributed by atoms with Crippen molar-refractivity contribution in [2.24, 2.45) is 17.6 Å². The van der Waals surface area contributed by atoms with Crippen molar-refractivity contribution in [3.63, 3.8) is 0 Å². The molecule has 0 atom stereocenters. The SMILES string of the molecule is CC(C)/C=C(\C=C(/N)NC(=O)CC1CC1)C(=O)NCc1cccc(C(F)(F)F)c1. The van der Waals surface area contributed by atoms with Crippen LogP contribution in [0.1, 0.15) is 44.2 Å². The molecule has 0 saturated heterocycles. The molecule has 1 fully saturated rings. The highest BCUT2D eigenvalue weighted by Gasteiger charge is 2.30. The summed E-state index contributed by atoms with van der Waals surface area (Å²) in [5.74, 6) is -0.207. The predicted octanol–water partition coefficient (Wildman–Crippen LogP) is 3.62. The van der Waals surface area contributed by atoms with Crippen LogP contribution in [-0.2, 0) is 22.3 Å². The van der Waals surface area contributed by atoms with Gasteiger partial charge in [-0.05, 0) is 48.4 Å². The Morgan fingerprint density at radius 1 is 1.28 bits per heavy atom. The van der Waals surface area contributed by atoms with Crippen LogP contribution in [0.15, 0.2) is 47.8 Å². The number of nitrogens with one attached hydrogen (secondary N) is 2. The molecule has 0 spiro atoms. The standard InChI is InChI=1S/C21H26F3N3O2/c1-13(2)8-16(11-18(25)27-19(28)10-14-6-7-14)20(29)26-12-15-4-3-5-17(9-15)21(22,23)24/h3-5,8-9,11,13-14H,6-7,10,12,25H2,1-2H3,(H,26,29)(H,27,28)/b16-8+,18-11+. The van der Waals surface area contributed by atoms with Gasteiger partial charge < -0.3 is 16.4 Å². The van der Waals surface area contributed by atoms with Gasteiger partial charge in [-0.2, -0.15) is 13.2 Å². The lowest BCUT2D eigenvalue weighted by Crippen LogP contribution is -2.29. The van der Waals surface area contributed by atoms with Gasteiger partial charge in [-0.15, -0.1) is 0 Å². The Kier molecular flexibility index (Phi) is 7.47. The summed E-state index contributed by atoms with van der Waals surface area (Å²) >= 11 is 0. The van der Waals surface area contributed by atoms with Crippen LogP contribution in [-0.4, -0.2) is 11.8 Å². The lowest BCUT2D eigenvalue weighted by Gasteiger charge is -2.11. The van der Waals surface area contributed by atoms with E-state index in [0.29, 0.717) is 17.9 Å². The van der Waals surface area contributed by atoms with Gasteiger partial charge in [0.25, 0.3) is 5.91 Å². The van der Waals surface area contributed by atoms with Gasteiger partial charge in [0.2, 0.25) is 5.91 Å². The molecular formula is C21H26F3N3O2. The monoisotopic (exact) mass is 409 g/mol. The Hall–Kier alpha value is -2.77. The van der Waals surface area contributed by atoms with Crippen molar-refractivity contribution in [2.45, 2.75) is 45.8 Å². The zero-order valence-electron chi connectivity index (χ0n) is 16.5. The molecule has 1 aromatic rings. The highest BCUT2D eigenvalue weighted by Crippen LogP contribution is 2.32. The quantitative estimate of drug-likeness (QED) is 0.453. The van der Waals surface area contributed by atoms with Gasteiger partial charge in [0, 0.05) is 18.5 Å². The van der Waals surface area contributed by atoms with E-state index in [4.69, 9.17) is 5.73 Å². The maximum absolute atomic E-state index is 12.8. The summed E-state index contributed by atoms with van der Waals surface area (Å²) in [5, 5.41) is 5.16. The van der Waals surface area contributed by atoms with Crippen molar-refractivity contribution in [1.82, 2.24) is 10.6 Å². The number of benzene rings is 1. The molecule has 158 valence electrons. The van der Waals surface area contributed by atoms with Gasteiger partial charge >= 0.3 is 6.18 Å². The van der Waals surface area contributed by atoms with Gasteiger partial charge in [0.1, 0.15) is 5.82 Å². The number of hydrogen-bond acceptors (Lipinski definition) is 3. The molecule has 0 aliphatic heterocycles. The van der Waals surface area contributed by atoms with Crippen molar-refractivity contribution in [3.8, 4) is 0 Å². The zero-order chi connectivity index (χ0) is 21.6. The molecule has 0 aromatic heterocycles. The Balaban J connectivity index is 2.03. The molecule has 1 saturated carbocycles. The summed E-state index contributed by atoms with van der Waals surface area (Å²) in [6.07, 6.45) is 1.06. The maximum Gasteiger partial charge on any atom is 0.416 e. The van der Waals surface area contributed by atoms with Crippen LogP contribution in [0.5, 0.6) is 0 Å². The average molecular weight is 409 g/mol. The van der Waals surface area contributed by atoms with Crippen molar-refractivity contribution in [3.05, 3.63) is 58.9 Å². The first-order valence-corrected chi connectivity index (χ1v) is 9.47. The molecule has 0 unspecified atom stereocenters. The van der Waals surface area contributed by atoms with E-state index < -0.39 is 17.6 Å². The summed E-state index contributed by atoms with van der Waals surface area (Å²) in [4.78, 5) is 24.4. The van der Waals surface area contributed by atoms with Crippen LogP contribution in [0.3, 0.4) is 0 Å². The molecule has 29 heavy (non-hydrogen) atoms. The zero-order valence-corrected chi connectivity index (χ0v) is 16.5. The Morgan fingerprint density at radius 2 is 1.97 bits per heavy atom.